The van der Waals surface area contributed by atoms with Crippen molar-refractivity contribution in [3.05, 3.63) is 0 Å². The van der Waals surface area contributed by atoms with Crippen LogP contribution in [0, 0.1) is 5.41 Å². The fourth-order valence-corrected chi connectivity index (χ4v) is 2.32. The molecule has 1 saturated carbocycles. The maximum Gasteiger partial charge on any atom is 0.0937 e. The van der Waals surface area contributed by atoms with Crippen LogP contribution in [0.5, 0.6) is 0 Å². The van der Waals surface area contributed by atoms with Crippen LogP contribution >= 0.6 is 0 Å². The van der Waals surface area contributed by atoms with Crippen molar-refractivity contribution in [1.29, 1.82) is 0 Å². The van der Waals surface area contributed by atoms with Gasteiger partial charge in [0.2, 0.25) is 0 Å². The van der Waals surface area contributed by atoms with Crippen molar-refractivity contribution in [1.82, 2.24) is 0 Å². The first kappa shape index (κ1) is 12.0. The van der Waals surface area contributed by atoms with Gasteiger partial charge in [-0.25, -0.2) is 0 Å². The number of aliphatic hydroxyl groups is 1. The average molecular weight is 200 g/mol. The van der Waals surface area contributed by atoms with Crippen molar-refractivity contribution in [2.45, 2.75) is 65.1 Å². The minimum Gasteiger partial charge on any atom is -0.390 e. The van der Waals surface area contributed by atoms with Crippen LogP contribution in [0.4, 0.5) is 0 Å². The van der Waals surface area contributed by atoms with Crippen molar-refractivity contribution >= 4 is 0 Å². The van der Waals surface area contributed by atoms with Gasteiger partial charge in [0, 0.05) is 6.61 Å². The number of ether oxygens (including phenoxy) is 1. The van der Waals surface area contributed by atoms with Gasteiger partial charge in [0.25, 0.3) is 0 Å². The fraction of sp³-hybridized carbons (Fsp3) is 1.00. The highest BCUT2D eigenvalue weighted by atomic mass is 16.5. The summed E-state index contributed by atoms with van der Waals surface area (Å²) in [6.45, 7) is 9.15. The molecule has 0 aliphatic heterocycles. The second kappa shape index (κ2) is 4.19. The number of hydrogen-bond acceptors (Lipinski definition) is 2. The van der Waals surface area contributed by atoms with Gasteiger partial charge in [0.15, 0.2) is 0 Å². The Kier molecular flexibility index (Phi) is 3.59. The van der Waals surface area contributed by atoms with Gasteiger partial charge in [0.1, 0.15) is 0 Å². The summed E-state index contributed by atoms with van der Waals surface area (Å²) >= 11 is 0. The predicted molar refractivity (Wildman–Crippen MR) is 58.3 cm³/mol. The standard InChI is InChI=1S/C12H24O2/c1-5-14-12(10(2)13)8-6-11(3,4)7-9-12/h10,13H,5-9H2,1-4H3. The van der Waals surface area contributed by atoms with Crippen molar-refractivity contribution in [2.75, 3.05) is 6.61 Å². The third-order valence-corrected chi connectivity index (χ3v) is 3.64. The van der Waals surface area contributed by atoms with E-state index in [-0.39, 0.29) is 11.7 Å². The van der Waals surface area contributed by atoms with E-state index < -0.39 is 0 Å². The number of aliphatic hydroxyl groups excluding tert-OH is 1. The average Bonchev–Trinajstić information content (AvgIpc) is 2.09. The molecule has 84 valence electrons. The molecule has 0 aromatic heterocycles. The van der Waals surface area contributed by atoms with Crippen LogP contribution in [-0.2, 0) is 4.74 Å². The van der Waals surface area contributed by atoms with Gasteiger partial charge in [-0.15, -0.1) is 0 Å². The molecule has 14 heavy (non-hydrogen) atoms. The van der Waals surface area contributed by atoms with Crippen LogP contribution in [0.15, 0.2) is 0 Å². The van der Waals surface area contributed by atoms with Gasteiger partial charge < -0.3 is 9.84 Å². The van der Waals surface area contributed by atoms with Crippen LogP contribution < -0.4 is 0 Å². The van der Waals surface area contributed by atoms with Gasteiger partial charge in [-0.1, -0.05) is 13.8 Å². The highest BCUT2D eigenvalue weighted by Gasteiger charge is 2.42. The summed E-state index contributed by atoms with van der Waals surface area (Å²) < 4.78 is 5.78. The maximum absolute atomic E-state index is 9.80. The zero-order chi connectivity index (χ0) is 10.8. The summed E-state index contributed by atoms with van der Waals surface area (Å²) in [4.78, 5) is 0. The minimum atomic E-state index is -0.349. The lowest BCUT2D eigenvalue weighted by Crippen LogP contribution is -2.47. The Morgan fingerprint density at radius 3 is 2.07 bits per heavy atom. The van der Waals surface area contributed by atoms with E-state index in [0.29, 0.717) is 12.0 Å². The number of hydrogen-bond donors (Lipinski definition) is 1. The Balaban J connectivity index is 2.64. The van der Waals surface area contributed by atoms with Crippen LogP contribution in [0.25, 0.3) is 0 Å². The molecule has 0 aromatic carbocycles. The van der Waals surface area contributed by atoms with Crippen LogP contribution in [0.3, 0.4) is 0 Å². The first-order valence-electron chi connectivity index (χ1n) is 5.74. The SMILES string of the molecule is CCOC1(C(C)O)CCC(C)(C)CC1. The molecular formula is C12H24O2. The molecule has 1 fully saturated rings. The predicted octanol–water partition coefficient (Wildman–Crippen LogP) is 2.74. The van der Waals surface area contributed by atoms with Gasteiger partial charge >= 0.3 is 0 Å². The normalized spacial score (nSPS) is 27.2. The summed E-state index contributed by atoms with van der Waals surface area (Å²) in [5.74, 6) is 0. The Morgan fingerprint density at radius 1 is 1.21 bits per heavy atom. The highest BCUT2D eigenvalue weighted by Crippen LogP contribution is 2.43. The quantitative estimate of drug-likeness (QED) is 0.759. The first-order valence-corrected chi connectivity index (χ1v) is 5.74. The summed E-state index contributed by atoms with van der Waals surface area (Å²) in [7, 11) is 0. The second-order valence-corrected chi connectivity index (χ2v) is 5.34. The van der Waals surface area contributed by atoms with Gasteiger partial charge in [-0.3, -0.25) is 0 Å². The first-order chi connectivity index (χ1) is 6.42. The van der Waals surface area contributed by atoms with Crippen LogP contribution in [0.1, 0.15) is 53.4 Å². The maximum atomic E-state index is 9.80. The molecule has 0 bridgehead atoms. The molecular weight excluding hydrogens is 176 g/mol. The largest absolute Gasteiger partial charge is 0.390 e. The molecule has 1 N–H and O–H groups in total. The molecule has 0 spiro atoms. The molecule has 0 aromatic rings. The van der Waals surface area contributed by atoms with E-state index >= 15 is 0 Å². The van der Waals surface area contributed by atoms with Gasteiger partial charge in [-0.05, 0) is 44.9 Å². The van der Waals surface area contributed by atoms with Crippen molar-refractivity contribution < 1.29 is 9.84 Å². The molecule has 1 rings (SSSR count). The molecule has 1 aliphatic carbocycles. The molecule has 2 nitrogen and oxygen atoms in total. The Bertz CT molecular complexity index is 175. The zero-order valence-electron chi connectivity index (χ0n) is 9.97. The molecule has 1 aliphatic rings. The zero-order valence-corrected chi connectivity index (χ0v) is 9.97. The Labute approximate surface area is 87.7 Å². The minimum absolute atomic E-state index is 0.260. The Morgan fingerprint density at radius 2 is 1.71 bits per heavy atom. The Hall–Kier alpha value is -0.0800. The smallest absolute Gasteiger partial charge is 0.0937 e. The van der Waals surface area contributed by atoms with E-state index in [0.717, 1.165) is 25.7 Å². The van der Waals surface area contributed by atoms with Crippen molar-refractivity contribution in [2.24, 2.45) is 5.41 Å². The lowest BCUT2D eigenvalue weighted by molar-refractivity contribution is -0.145. The molecule has 0 heterocycles. The van der Waals surface area contributed by atoms with E-state index in [2.05, 4.69) is 13.8 Å². The summed E-state index contributed by atoms with van der Waals surface area (Å²) in [5, 5.41) is 9.80. The monoisotopic (exact) mass is 200 g/mol. The summed E-state index contributed by atoms with van der Waals surface area (Å²) in [5.41, 5.74) is 0.166. The van der Waals surface area contributed by atoms with E-state index in [1.165, 1.54) is 0 Å². The highest BCUT2D eigenvalue weighted by molar-refractivity contribution is 4.93. The lowest BCUT2D eigenvalue weighted by atomic mass is 9.69. The van der Waals surface area contributed by atoms with E-state index in [1.807, 2.05) is 13.8 Å². The van der Waals surface area contributed by atoms with Crippen molar-refractivity contribution in [3.63, 3.8) is 0 Å². The lowest BCUT2D eigenvalue weighted by Gasteiger charge is -2.45. The van der Waals surface area contributed by atoms with E-state index in [1.54, 1.807) is 0 Å². The molecule has 2 heteroatoms. The fourth-order valence-electron chi connectivity index (χ4n) is 2.32. The van der Waals surface area contributed by atoms with Crippen LogP contribution in [-0.4, -0.2) is 23.4 Å². The molecule has 1 unspecified atom stereocenters. The van der Waals surface area contributed by atoms with Crippen molar-refractivity contribution in [3.8, 4) is 0 Å². The molecule has 0 saturated heterocycles. The van der Waals surface area contributed by atoms with E-state index in [4.69, 9.17) is 4.74 Å². The summed E-state index contributed by atoms with van der Waals surface area (Å²) in [6.07, 6.45) is 3.94. The molecule has 0 radical (unpaired) electrons. The van der Waals surface area contributed by atoms with Crippen LogP contribution in [0.2, 0.25) is 0 Å². The summed E-state index contributed by atoms with van der Waals surface area (Å²) in [6, 6.07) is 0. The number of rotatable bonds is 3. The van der Waals surface area contributed by atoms with Gasteiger partial charge in [0.05, 0.1) is 11.7 Å². The molecule has 1 atom stereocenters. The van der Waals surface area contributed by atoms with Gasteiger partial charge in [-0.2, -0.15) is 0 Å². The second-order valence-electron chi connectivity index (χ2n) is 5.34. The molecule has 0 amide bonds. The topological polar surface area (TPSA) is 29.5 Å². The third-order valence-electron chi connectivity index (χ3n) is 3.64. The third kappa shape index (κ3) is 2.48. The van der Waals surface area contributed by atoms with E-state index in [9.17, 15) is 5.11 Å².